The summed E-state index contributed by atoms with van der Waals surface area (Å²) in [6, 6.07) is 5.12. The van der Waals surface area contributed by atoms with E-state index in [2.05, 4.69) is 0 Å². The van der Waals surface area contributed by atoms with Crippen LogP contribution >= 0.6 is 0 Å². The van der Waals surface area contributed by atoms with Crippen LogP contribution in [0.4, 0.5) is 5.69 Å². The van der Waals surface area contributed by atoms with E-state index in [0.29, 0.717) is 5.56 Å². The lowest BCUT2D eigenvalue weighted by Gasteiger charge is -2.12. The highest BCUT2D eigenvalue weighted by molar-refractivity contribution is 6.11. The van der Waals surface area contributed by atoms with Gasteiger partial charge in [-0.2, -0.15) is 0 Å². The fourth-order valence-corrected chi connectivity index (χ4v) is 1.22. The molecular formula is C11H14N2O3. The fourth-order valence-electron chi connectivity index (χ4n) is 1.22. The van der Waals surface area contributed by atoms with Crippen molar-refractivity contribution in [2.45, 2.75) is 6.04 Å². The molecule has 1 unspecified atom stereocenters. The van der Waals surface area contributed by atoms with Crippen LogP contribution in [-0.2, 0) is 4.79 Å². The molecule has 1 aromatic rings. The number of carbonyl (C=O) groups excluding carboxylic acids is 1. The van der Waals surface area contributed by atoms with Gasteiger partial charge < -0.3 is 15.7 Å². The molecular weight excluding hydrogens is 208 g/mol. The summed E-state index contributed by atoms with van der Waals surface area (Å²) in [5.74, 6) is -1.90. The lowest BCUT2D eigenvalue weighted by molar-refractivity contribution is -0.137. The van der Waals surface area contributed by atoms with E-state index in [1.54, 1.807) is 24.3 Å². The summed E-state index contributed by atoms with van der Waals surface area (Å²) >= 11 is 0. The van der Waals surface area contributed by atoms with E-state index in [-0.39, 0.29) is 0 Å². The number of Topliss-reactive ketones (excluding diaryl/α,β-unsaturated/α-hetero) is 1. The van der Waals surface area contributed by atoms with Gasteiger partial charge in [0.2, 0.25) is 0 Å². The number of nitrogens with zero attached hydrogens (tertiary/aromatic N) is 1. The number of carboxylic acid groups (broad SMARTS) is 1. The van der Waals surface area contributed by atoms with Crippen LogP contribution in [0.2, 0.25) is 0 Å². The van der Waals surface area contributed by atoms with Gasteiger partial charge in [-0.25, -0.2) is 0 Å². The minimum atomic E-state index is -1.50. The molecule has 5 heteroatoms. The van der Waals surface area contributed by atoms with Crippen molar-refractivity contribution in [3.05, 3.63) is 29.8 Å². The summed E-state index contributed by atoms with van der Waals surface area (Å²) in [4.78, 5) is 24.0. The highest BCUT2D eigenvalue weighted by Crippen LogP contribution is 2.13. The number of hydrogen-bond acceptors (Lipinski definition) is 4. The molecule has 5 nitrogen and oxygen atoms in total. The predicted octanol–water partition coefficient (Wildman–Crippen LogP) is 0.347. The number of rotatable bonds is 4. The zero-order chi connectivity index (χ0) is 12.3. The number of hydrogen-bond donors (Lipinski definition) is 2. The highest BCUT2D eigenvalue weighted by Gasteiger charge is 2.22. The normalized spacial score (nSPS) is 11.9. The average Bonchev–Trinajstić information content (AvgIpc) is 2.27. The first kappa shape index (κ1) is 12.2. The molecule has 86 valence electrons. The van der Waals surface area contributed by atoms with Gasteiger partial charge in [0, 0.05) is 25.3 Å². The molecule has 0 aliphatic carbocycles. The monoisotopic (exact) mass is 222 g/mol. The van der Waals surface area contributed by atoms with Crippen LogP contribution in [0.15, 0.2) is 24.3 Å². The van der Waals surface area contributed by atoms with Crippen LogP contribution in [0.5, 0.6) is 0 Å². The molecule has 0 saturated heterocycles. The standard InChI is InChI=1S/C11H14N2O3/c1-13(2)8-5-3-7(4-6-8)10(14)9(12)11(15)16/h3-6,9H,12H2,1-2H3,(H,15,16). The van der Waals surface area contributed by atoms with Crippen molar-refractivity contribution in [1.82, 2.24) is 0 Å². The number of ketones is 1. The minimum Gasteiger partial charge on any atom is -0.480 e. The number of nitrogens with two attached hydrogens (primary N) is 1. The third kappa shape index (κ3) is 2.58. The van der Waals surface area contributed by atoms with Crippen LogP contribution in [0, 0.1) is 0 Å². The molecule has 0 radical (unpaired) electrons. The maximum absolute atomic E-state index is 11.5. The van der Waals surface area contributed by atoms with Crippen molar-refractivity contribution in [1.29, 1.82) is 0 Å². The molecule has 1 aromatic carbocycles. The van der Waals surface area contributed by atoms with Crippen molar-refractivity contribution >= 4 is 17.4 Å². The van der Waals surface area contributed by atoms with Gasteiger partial charge in [0.05, 0.1) is 0 Å². The van der Waals surface area contributed by atoms with Crippen molar-refractivity contribution in [2.24, 2.45) is 5.73 Å². The molecule has 0 bridgehead atoms. The Labute approximate surface area is 93.5 Å². The number of aliphatic carboxylic acids is 1. The van der Waals surface area contributed by atoms with Crippen LogP contribution in [0.25, 0.3) is 0 Å². The third-order valence-corrected chi connectivity index (χ3v) is 2.22. The van der Waals surface area contributed by atoms with Crippen molar-refractivity contribution in [3.8, 4) is 0 Å². The van der Waals surface area contributed by atoms with Gasteiger partial charge in [0.1, 0.15) is 0 Å². The molecule has 0 amide bonds. The number of carboxylic acids is 1. The number of carbonyl (C=O) groups is 2. The number of benzene rings is 1. The van der Waals surface area contributed by atoms with Crippen LogP contribution in [0.1, 0.15) is 10.4 Å². The first-order valence-corrected chi connectivity index (χ1v) is 4.73. The maximum atomic E-state index is 11.5. The molecule has 0 saturated carbocycles. The Morgan fingerprint density at radius 3 is 2.12 bits per heavy atom. The minimum absolute atomic E-state index is 0.306. The Bertz CT molecular complexity index is 398. The predicted molar refractivity (Wildman–Crippen MR) is 60.7 cm³/mol. The van der Waals surface area contributed by atoms with E-state index in [0.717, 1.165) is 5.69 Å². The molecule has 0 heterocycles. The zero-order valence-corrected chi connectivity index (χ0v) is 9.18. The second kappa shape index (κ2) is 4.76. The smallest absolute Gasteiger partial charge is 0.328 e. The highest BCUT2D eigenvalue weighted by atomic mass is 16.4. The first-order valence-electron chi connectivity index (χ1n) is 4.73. The van der Waals surface area contributed by atoms with Crippen LogP contribution in [-0.4, -0.2) is 37.0 Å². The van der Waals surface area contributed by atoms with Gasteiger partial charge >= 0.3 is 5.97 Å². The van der Waals surface area contributed by atoms with E-state index < -0.39 is 17.8 Å². The molecule has 3 N–H and O–H groups in total. The lowest BCUT2D eigenvalue weighted by Crippen LogP contribution is -2.38. The van der Waals surface area contributed by atoms with Gasteiger partial charge in [-0.1, -0.05) is 0 Å². The Morgan fingerprint density at radius 2 is 1.75 bits per heavy atom. The van der Waals surface area contributed by atoms with Gasteiger partial charge in [0.15, 0.2) is 11.8 Å². The first-order chi connectivity index (χ1) is 7.43. The second-order valence-electron chi connectivity index (χ2n) is 3.62. The summed E-state index contributed by atoms with van der Waals surface area (Å²) < 4.78 is 0. The molecule has 0 aliphatic rings. The largest absolute Gasteiger partial charge is 0.480 e. The number of anilines is 1. The second-order valence-corrected chi connectivity index (χ2v) is 3.62. The fraction of sp³-hybridized carbons (Fsp3) is 0.273. The summed E-state index contributed by atoms with van der Waals surface area (Å²) in [6.45, 7) is 0. The molecule has 0 spiro atoms. The lowest BCUT2D eigenvalue weighted by atomic mass is 10.0. The Balaban J connectivity index is 2.90. The zero-order valence-electron chi connectivity index (χ0n) is 9.18. The van der Waals surface area contributed by atoms with Gasteiger partial charge in [-0.3, -0.25) is 9.59 Å². The van der Waals surface area contributed by atoms with E-state index in [1.807, 2.05) is 19.0 Å². The molecule has 0 fully saturated rings. The molecule has 1 atom stereocenters. The molecule has 0 aliphatic heterocycles. The van der Waals surface area contributed by atoms with E-state index >= 15 is 0 Å². The summed E-state index contributed by atoms with van der Waals surface area (Å²) in [5, 5.41) is 8.60. The Kier molecular flexibility index (Phi) is 3.63. The van der Waals surface area contributed by atoms with Crippen molar-refractivity contribution < 1.29 is 14.7 Å². The third-order valence-electron chi connectivity index (χ3n) is 2.22. The maximum Gasteiger partial charge on any atom is 0.328 e. The average molecular weight is 222 g/mol. The van der Waals surface area contributed by atoms with E-state index in [4.69, 9.17) is 10.8 Å². The van der Waals surface area contributed by atoms with Gasteiger partial charge in [-0.05, 0) is 24.3 Å². The van der Waals surface area contributed by atoms with Crippen LogP contribution in [0.3, 0.4) is 0 Å². The van der Waals surface area contributed by atoms with Gasteiger partial charge in [0.25, 0.3) is 0 Å². The SMILES string of the molecule is CN(C)c1ccc(C(=O)C(N)C(=O)O)cc1. The molecule has 0 aromatic heterocycles. The van der Waals surface area contributed by atoms with E-state index in [9.17, 15) is 9.59 Å². The molecule has 1 rings (SSSR count). The van der Waals surface area contributed by atoms with Gasteiger partial charge in [-0.15, -0.1) is 0 Å². The van der Waals surface area contributed by atoms with Crippen molar-refractivity contribution in [3.63, 3.8) is 0 Å². The Morgan fingerprint density at radius 1 is 1.25 bits per heavy atom. The topological polar surface area (TPSA) is 83.6 Å². The summed E-state index contributed by atoms with van der Waals surface area (Å²) in [6.07, 6.45) is 0. The quantitative estimate of drug-likeness (QED) is 0.567. The summed E-state index contributed by atoms with van der Waals surface area (Å²) in [5.41, 5.74) is 6.47. The Hall–Kier alpha value is -1.88. The van der Waals surface area contributed by atoms with Crippen molar-refractivity contribution in [2.75, 3.05) is 19.0 Å². The van der Waals surface area contributed by atoms with E-state index in [1.165, 1.54) is 0 Å². The van der Waals surface area contributed by atoms with Crippen LogP contribution < -0.4 is 10.6 Å². The summed E-state index contributed by atoms with van der Waals surface area (Å²) in [7, 11) is 3.75. The molecule has 16 heavy (non-hydrogen) atoms.